The van der Waals surface area contributed by atoms with E-state index in [1.807, 2.05) is 0 Å². The van der Waals surface area contributed by atoms with Gasteiger partial charge in [-0.1, -0.05) is 0 Å². The standard InChI is InChI=1S/C18H24FIN2O4/c1-11(23)15-9-21(14-6-12(8-19)5-13(20)7-14)16(24)10-22(15)17(25)26-18(2,3)4/h5-7,11,15,23H,8-10H2,1-4H3. The van der Waals surface area contributed by atoms with Crippen molar-refractivity contribution in [3.63, 3.8) is 0 Å². The van der Waals surface area contributed by atoms with Gasteiger partial charge in [-0.25, -0.2) is 9.18 Å². The molecule has 1 aromatic rings. The first-order valence-electron chi connectivity index (χ1n) is 8.35. The summed E-state index contributed by atoms with van der Waals surface area (Å²) in [6.45, 7) is 6.07. The first kappa shape index (κ1) is 20.9. The predicted octanol–water partition coefficient (Wildman–Crippen LogP) is 3.09. The molecule has 0 aliphatic carbocycles. The van der Waals surface area contributed by atoms with Gasteiger partial charge in [0.15, 0.2) is 0 Å². The summed E-state index contributed by atoms with van der Waals surface area (Å²) in [7, 11) is 0. The Kier molecular flexibility index (Phi) is 6.49. The Morgan fingerprint density at radius 1 is 1.42 bits per heavy atom. The first-order valence-corrected chi connectivity index (χ1v) is 9.43. The smallest absolute Gasteiger partial charge is 0.411 e. The van der Waals surface area contributed by atoms with E-state index in [4.69, 9.17) is 4.74 Å². The molecular formula is C18H24FIN2O4. The van der Waals surface area contributed by atoms with Crippen LogP contribution >= 0.6 is 22.6 Å². The number of benzene rings is 1. The molecule has 1 heterocycles. The number of anilines is 1. The average Bonchev–Trinajstić information content (AvgIpc) is 2.51. The highest BCUT2D eigenvalue weighted by Crippen LogP contribution is 2.26. The molecule has 1 fully saturated rings. The van der Waals surface area contributed by atoms with E-state index in [0.717, 1.165) is 3.57 Å². The molecule has 6 nitrogen and oxygen atoms in total. The van der Waals surface area contributed by atoms with Gasteiger partial charge in [-0.15, -0.1) is 0 Å². The van der Waals surface area contributed by atoms with Crippen molar-refractivity contribution < 1.29 is 23.8 Å². The fourth-order valence-corrected chi connectivity index (χ4v) is 3.50. The maximum Gasteiger partial charge on any atom is 0.411 e. The van der Waals surface area contributed by atoms with Gasteiger partial charge in [0.05, 0.1) is 12.1 Å². The number of piperazine rings is 1. The summed E-state index contributed by atoms with van der Waals surface area (Å²) in [5.41, 5.74) is 0.332. The van der Waals surface area contributed by atoms with Gasteiger partial charge in [-0.2, -0.15) is 0 Å². The Balaban J connectivity index is 2.29. The molecule has 0 spiro atoms. The number of carbonyl (C=O) groups is 2. The molecule has 2 unspecified atom stereocenters. The zero-order valence-electron chi connectivity index (χ0n) is 15.3. The molecule has 26 heavy (non-hydrogen) atoms. The number of hydrogen-bond acceptors (Lipinski definition) is 4. The fraction of sp³-hybridized carbons (Fsp3) is 0.556. The molecule has 2 amide bonds. The molecule has 1 aromatic carbocycles. The second-order valence-electron chi connectivity index (χ2n) is 7.37. The maximum absolute atomic E-state index is 13.1. The molecule has 0 aromatic heterocycles. The third-order valence-corrected chi connectivity index (χ3v) is 4.59. The number of halogens is 2. The molecule has 2 atom stereocenters. The summed E-state index contributed by atoms with van der Waals surface area (Å²) in [6, 6.07) is 4.48. The van der Waals surface area contributed by atoms with E-state index in [1.165, 1.54) is 9.80 Å². The Hall–Kier alpha value is -1.42. The average molecular weight is 478 g/mol. The van der Waals surface area contributed by atoms with E-state index in [2.05, 4.69) is 22.6 Å². The third kappa shape index (κ3) is 5.06. The summed E-state index contributed by atoms with van der Waals surface area (Å²) >= 11 is 2.07. The van der Waals surface area contributed by atoms with Crippen LogP contribution in [0.5, 0.6) is 0 Å². The summed E-state index contributed by atoms with van der Waals surface area (Å²) in [4.78, 5) is 27.8. The van der Waals surface area contributed by atoms with E-state index >= 15 is 0 Å². The van der Waals surface area contributed by atoms with Gasteiger partial charge >= 0.3 is 6.09 Å². The quantitative estimate of drug-likeness (QED) is 0.679. The van der Waals surface area contributed by atoms with E-state index in [9.17, 15) is 19.1 Å². The number of aliphatic hydroxyl groups excluding tert-OH is 1. The minimum absolute atomic E-state index is 0.113. The number of alkyl halides is 1. The molecule has 0 radical (unpaired) electrons. The van der Waals surface area contributed by atoms with Crippen molar-refractivity contribution in [2.45, 2.75) is 52.1 Å². The molecule has 144 valence electrons. The van der Waals surface area contributed by atoms with Crippen LogP contribution in [0.2, 0.25) is 0 Å². The van der Waals surface area contributed by atoms with Crippen molar-refractivity contribution in [2.75, 3.05) is 18.0 Å². The van der Waals surface area contributed by atoms with E-state index in [1.54, 1.807) is 45.9 Å². The Morgan fingerprint density at radius 2 is 2.08 bits per heavy atom. The van der Waals surface area contributed by atoms with Crippen LogP contribution in [0.25, 0.3) is 0 Å². The van der Waals surface area contributed by atoms with Crippen LogP contribution in [0.15, 0.2) is 18.2 Å². The maximum atomic E-state index is 13.1. The van der Waals surface area contributed by atoms with Crippen LogP contribution in [0.4, 0.5) is 14.9 Å². The lowest BCUT2D eigenvalue weighted by Crippen LogP contribution is -2.62. The fourth-order valence-electron chi connectivity index (χ4n) is 2.78. The van der Waals surface area contributed by atoms with Crippen LogP contribution in [-0.2, 0) is 16.2 Å². The van der Waals surface area contributed by atoms with Crippen molar-refractivity contribution >= 4 is 40.3 Å². The van der Waals surface area contributed by atoms with Crippen LogP contribution in [0.1, 0.15) is 33.3 Å². The van der Waals surface area contributed by atoms with Crippen molar-refractivity contribution in [1.82, 2.24) is 4.90 Å². The lowest BCUT2D eigenvalue weighted by Gasteiger charge is -2.42. The van der Waals surface area contributed by atoms with E-state index in [0.29, 0.717) is 11.3 Å². The predicted molar refractivity (Wildman–Crippen MR) is 105 cm³/mol. The van der Waals surface area contributed by atoms with Gasteiger partial charge in [-0.3, -0.25) is 9.69 Å². The minimum atomic E-state index is -0.860. The van der Waals surface area contributed by atoms with E-state index < -0.39 is 30.5 Å². The van der Waals surface area contributed by atoms with Gasteiger partial charge in [0.25, 0.3) is 0 Å². The van der Waals surface area contributed by atoms with Crippen molar-refractivity contribution in [3.8, 4) is 0 Å². The third-order valence-electron chi connectivity index (χ3n) is 3.97. The number of carbonyl (C=O) groups excluding carboxylic acids is 2. The SMILES string of the molecule is CC(O)C1CN(c2cc(I)cc(CF)c2)C(=O)CN1C(=O)OC(C)(C)C. The lowest BCUT2D eigenvalue weighted by molar-refractivity contribution is -0.123. The zero-order valence-corrected chi connectivity index (χ0v) is 17.5. The molecular weight excluding hydrogens is 454 g/mol. The number of hydrogen-bond donors (Lipinski definition) is 1. The molecule has 0 saturated carbocycles. The zero-order chi connectivity index (χ0) is 19.6. The molecule has 0 bridgehead atoms. The van der Waals surface area contributed by atoms with Crippen molar-refractivity contribution in [2.24, 2.45) is 0 Å². The summed E-state index contributed by atoms with van der Waals surface area (Å²) in [6.07, 6.45) is -1.50. The Bertz CT molecular complexity index is 690. The number of rotatable bonds is 3. The molecule has 1 saturated heterocycles. The summed E-state index contributed by atoms with van der Waals surface area (Å²) in [5, 5.41) is 10.2. The molecule has 2 rings (SSSR count). The highest BCUT2D eigenvalue weighted by molar-refractivity contribution is 14.1. The second kappa shape index (κ2) is 8.08. The van der Waals surface area contributed by atoms with Gasteiger partial charge in [0, 0.05) is 15.8 Å². The summed E-state index contributed by atoms with van der Waals surface area (Å²) < 4.78 is 19.2. The number of ether oxygens (including phenoxy) is 1. The second-order valence-corrected chi connectivity index (χ2v) is 8.62. The molecule has 1 aliphatic heterocycles. The topological polar surface area (TPSA) is 70.1 Å². The van der Waals surface area contributed by atoms with Crippen LogP contribution in [0.3, 0.4) is 0 Å². The van der Waals surface area contributed by atoms with Gasteiger partial charge in [0.1, 0.15) is 18.8 Å². The normalized spacial score (nSPS) is 19.5. The molecule has 1 aliphatic rings. The van der Waals surface area contributed by atoms with E-state index in [-0.39, 0.29) is 19.0 Å². The van der Waals surface area contributed by atoms with Gasteiger partial charge in [-0.05, 0) is 74.0 Å². The number of amides is 2. The monoisotopic (exact) mass is 478 g/mol. The van der Waals surface area contributed by atoms with Crippen LogP contribution in [0, 0.1) is 3.57 Å². The lowest BCUT2D eigenvalue weighted by atomic mass is 10.1. The first-order chi connectivity index (χ1) is 12.0. The highest BCUT2D eigenvalue weighted by atomic mass is 127. The molecule has 1 N–H and O–H groups in total. The van der Waals surface area contributed by atoms with Crippen LogP contribution < -0.4 is 4.90 Å². The van der Waals surface area contributed by atoms with Crippen molar-refractivity contribution in [1.29, 1.82) is 0 Å². The minimum Gasteiger partial charge on any atom is -0.444 e. The van der Waals surface area contributed by atoms with Crippen molar-refractivity contribution in [3.05, 3.63) is 27.3 Å². The summed E-state index contributed by atoms with van der Waals surface area (Å²) in [5.74, 6) is -0.306. The Labute approximate surface area is 166 Å². The highest BCUT2D eigenvalue weighted by Gasteiger charge is 2.40. The molecule has 8 heteroatoms. The van der Waals surface area contributed by atoms with Crippen LogP contribution in [-0.4, -0.2) is 52.8 Å². The van der Waals surface area contributed by atoms with Gasteiger partial charge < -0.3 is 14.7 Å². The largest absolute Gasteiger partial charge is 0.444 e. The number of nitrogens with zero attached hydrogens (tertiary/aromatic N) is 2. The number of aliphatic hydroxyl groups is 1. The van der Waals surface area contributed by atoms with Gasteiger partial charge in [0.2, 0.25) is 5.91 Å². The Morgan fingerprint density at radius 3 is 2.62 bits per heavy atom.